The number of nitrogens with one attached hydrogen (secondary N) is 1. The van der Waals surface area contributed by atoms with Crippen molar-refractivity contribution in [3.05, 3.63) is 24.3 Å². The molecular weight excluding hydrogens is 652 g/mol. The zero-order chi connectivity index (χ0) is 38.2. The van der Waals surface area contributed by atoms with Crippen molar-refractivity contribution in [1.29, 1.82) is 0 Å². The molecule has 0 aliphatic heterocycles. The minimum Gasteiger partial charge on any atom is -0.463 e. The number of primary amides is 1. The molecule has 2 atom stereocenters. The van der Waals surface area contributed by atoms with E-state index < -0.39 is 24.1 Å². The maximum Gasteiger partial charge on any atom is 0.306 e. The third-order valence-electron chi connectivity index (χ3n) is 9.43. The molecule has 0 saturated carbocycles. The van der Waals surface area contributed by atoms with Gasteiger partial charge in [0.25, 0.3) is 5.91 Å². The molecule has 0 radical (unpaired) electrons. The van der Waals surface area contributed by atoms with Gasteiger partial charge < -0.3 is 25.3 Å². The Balaban J connectivity index is 4.28. The van der Waals surface area contributed by atoms with Gasteiger partial charge in [0.1, 0.15) is 12.7 Å². The Morgan fingerprint density at radius 3 is 1.38 bits per heavy atom. The van der Waals surface area contributed by atoms with Crippen molar-refractivity contribution < 1.29 is 28.6 Å². The fourth-order valence-electron chi connectivity index (χ4n) is 6.13. The Kier molecular flexibility index (Phi) is 38.3. The van der Waals surface area contributed by atoms with E-state index in [-0.39, 0.29) is 25.6 Å². The van der Waals surface area contributed by atoms with Crippen LogP contribution in [-0.2, 0) is 28.6 Å². The van der Waals surface area contributed by atoms with Gasteiger partial charge in [0.05, 0.1) is 6.61 Å². The van der Waals surface area contributed by atoms with Gasteiger partial charge in [-0.3, -0.25) is 14.4 Å². The van der Waals surface area contributed by atoms with Crippen molar-refractivity contribution in [2.24, 2.45) is 5.73 Å². The van der Waals surface area contributed by atoms with E-state index in [0.29, 0.717) is 19.4 Å². The number of carbonyl (C=O) groups is 3. The number of esters is 2. The summed E-state index contributed by atoms with van der Waals surface area (Å²) in [5, 5.41) is 3.16. The van der Waals surface area contributed by atoms with Crippen LogP contribution in [-0.4, -0.2) is 56.4 Å². The number of unbranched alkanes of at least 4 members (excludes halogenated alkanes) is 22. The maximum atomic E-state index is 12.7. The first kappa shape index (κ1) is 49.8. The van der Waals surface area contributed by atoms with Crippen LogP contribution in [0, 0.1) is 0 Å². The molecule has 8 nitrogen and oxygen atoms in total. The van der Waals surface area contributed by atoms with Gasteiger partial charge in [0, 0.05) is 19.4 Å². The van der Waals surface area contributed by atoms with Crippen molar-refractivity contribution in [3.63, 3.8) is 0 Å². The average Bonchev–Trinajstić information content (AvgIpc) is 3.13. The van der Waals surface area contributed by atoms with Crippen LogP contribution in [0.1, 0.15) is 201 Å². The van der Waals surface area contributed by atoms with Crippen molar-refractivity contribution >= 4 is 17.8 Å². The molecule has 0 spiro atoms. The monoisotopic (exact) mass is 735 g/mol. The molecule has 0 rings (SSSR count). The molecule has 0 aromatic rings. The van der Waals surface area contributed by atoms with Gasteiger partial charge in [0.2, 0.25) is 6.10 Å². The molecule has 0 saturated heterocycles. The summed E-state index contributed by atoms with van der Waals surface area (Å²) >= 11 is 0. The molecule has 0 heterocycles. The number of amides is 1. The van der Waals surface area contributed by atoms with Gasteiger partial charge in [-0.05, 0) is 70.8 Å². The average molecular weight is 735 g/mol. The van der Waals surface area contributed by atoms with E-state index in [0.717, 1.165) is 70.8 Å². The highest BCUT2D eigenvalue weighted by molar-refractivity contribution is 5.83. The molecule has 2 unspecified atom stereocenters. The Morgan fingerprint density at radius 2 is 0.962 bits per heavy atom. The summed E-state index contributed by atoms with van der Waals surface area (Å²) in [6, 6.07) is 0. The number of carbonyl (C=O) groups excluding carboxylic acids is 3. The lowest BCUT2D eigenvalue weighted by Crippen LogP contribution is -2.47. The predicted molar refractivity (Wildman–Crippen MR) is 217 cm³/mol. The van der Waals surface area contributed by atoms with E-state index in [2.05, 4.69) is 43.5 Å². The Hall–Kier alpha value is -2.19. The normalized spacial score (nSPS) is 12.8. The number of rotatable bonds is 40. The molecule has 1 amide bonds. The number of likely N-dealkylation sites (N-methyl/N-ethyl adjacent to an activating group) is 1. The van der Waals surface area contributed by atoms with Crippen LogP contribution in [0.5, 0.6) is 0 Å². The summed E-state index contributed by atoms with van der Waals surface area (Å²) in [5.41, 5.74) is 5.65. The summed E-state index contributed by atoms with van der Waals surface area (Å²) in [6.07, 6.45) is 38.3. The van der Waals surface area contributed by atoms with Crippen LogP contribution in [0.2, 0.25) is 0 Å². The zero-order valence-corrected chi connectivity index (χ0v) is 34.1. The first-order chi connectivity index (χ1) is 25.5. The lowest BCUT2D eigenvalue weighted by atomic mass is 10.1. The number of allylic oxidation sites excluding steroid dienone is 4. The van der Waals surface area contributed by atoms with Gasteiger partial charge >= 0.3 is 11.9 Å². The minimum absolute atomic E-state index is 0.190. The molecule has 0 bridgehead atoms. The van der Waals surface area contributed by atoms with Crippen molar-refractivity contribution in [2.75, 3.05) is 26.3 Å². The lowest BCUT2D eigenvalue weighted by molar-refractivity contribution is -0.171. The summed E-state index contributed by atoms with van der Waals surface area (Å²) in [6.45, 7) is 7.88. The molecule has 3 N–H and O–H groups in total. The summed E-state index contributed by atoms with van der Waals surface area (Å²) < 4.78 is 16.8. The molecule has 0 aromatic heterocycles. The largest absolute Gasteiger partial charge is 0.463 e. The van der Waals surface area contributed by atoms with E-state index >= 15 is 0 Å². The van der Waals surface area contributed by atoms with Gasteiger partial charge in [-0.1, -0.05) is 148 Å². The van der Waals surface area contributed by atoms with E-state index in [1.807, 2.05) is 6.92 Å². The van der Waals surface area contributed by atoms with Gasteiger partial charge in [-0.15, -0.1) is 0 Å². The van der Waals surface area contributed by atoms with Crippen LogP contribution in [0.4, 0.5) is 0 Å². The first-order valence-corrected chi connectivity index (χ1v) is 21.7. The van der Waals surface area contributed by atoms with Gasteiger partial charge in [-0.2, -0.15) is 0 Å². The molecule has 304 valence electrons. The Labute approximate surface area is 320 Å². The van der Waals surface area contributed by atoms with Crippen LogP contribution in [0.15, 0.2) is 24.3 Å². The maximum absolute atomic E-state index is 12.7. The Morgan fingerprint density at radius 1 is 0.558 bits per heavy atom. The van der Waals surface area contributed by atoms with E-state index in [1.165, 1.54) is 96.3 Å². The third-order valence-corrected chi connectivity index (χ3v) is 9.43. The highest BCUT2D eigenvalue weighted by atomic mass is 16.6. The Bertz CT molecular complexity index is 877. The van der Waals surface area contributed by atoms with Crippen LogP contribution in [0.25, 0.3) is 0 Å². The fourth-order valence-corrected chi connectivity index (χ4v) is 6.13. The topological polar surface area (TPSA) is 117 Å². The minimum atomic E-state index is -1.31. The predicted octanol–water partition coefficient (Wildman–Crippen LogP) is 11.0. The van der Waals surface area contributed by atoms with Crippen molar-refractivity contribution in [3.8, 4) is 0 Å². The van der Waals surface area contributed by atoms with Crippen LogP contribution in [0.3, 0.4) is 0 Å². The molecule has 0 fully saturated rings. The van der Waals surface area contributed by atoms with E-state index in [1.54, 1.807) is 0 Å². The second-order valence-corrected chi connectivity index (χ2v) is 14.4. The van der Waals surface area contributed by atoms with Crippen molar-refractivity contribution in [1.82, 2.24) is 5.32 Å². The zero-order valence-electron chi connectivity index (χ0n) is 34.1. The second-order valence-electron chi connectivity index (χ2n) is 14.4. The molecule has 52 heavy (non-hydrogen) atoms. The number of hydrogen-bond donors (Lipinski definition) is 2. The second kappa shape index (κ2) is 40.0. The SMILES string of the molecule is CCCCCCCC/C=C\CCCCCCCC(=O)OCC(OCCNCC)C(OC(=O)CCCCCCC/C=C\CCCCCCCC)C(N)=O. The number of hydrogen-bond acceptors (Lipinski definition) is 7. The standard InChI is InChI=1S/C44H82N2O6/c1-4-7-9-11-13-15-17-19-21-23-25-27-29-31-33-35-41(47)51-39-40(50-38-37-46-6-3)43(44(45)49)52-42(48)36-34-32-30-28-26-24-22-20-18-16-14-12-10-8-5-2/h19-22,40,43,46H,4-18,23-39H2,1-3H3,(H2,45,49)/b21-19-,22-20-. The summed E-state index contributed by atoms with van der Waals surface area (Å²) in [7, 11) is 0. The molecule has 0 aliphatic rings. The van der Waals surface area contributed by atoms with E-state index in [9.17, 15) is 14.4 Å². The number of ether oxygens (including phenoxy) is 3. The number of nitrogens with two attached hydrogens (primary N) is 1. The highest BCUT2D eigenvalue weighted by Gasteiger charge is 2.32. The lowest BCUT2D eigenvalue weighted by Gasteiger charge is -2.25. The third kappa shape index (κ3) is 34.9. The van der Waals surface area contributed by atoms with Crippen LogP contribution < -0.4 is 11.1 Å². The quantitative estimate of drug-likeness (QED) is 0.0365. The van der Waals surface area contributed by atoms with E-state index in [4.69, 9.17) is 19.9 Å². The highest BCUT2D eigenvalue weighted by Crippen LogP contribution is 2.14. The molecule has 8 heteroatoms. The van der Waals surface area contributed by atoms with Crippen LogP contribution >= 0.6 is 0 Å². The van der Waals surface area contributed by atoms with Gasteiger partial charge in [-0.25, -0.2) is 0 Å². The van der Waals surface area contributed by atoms with Crippen molar-refractivity contribution in [2.45, 2.75) is 213 Å². The summed E-state index contributed by atoms with van der Waals surface area (Å²) in [4.78, 5) is 37.5. The first-order valence-electron chi connectivity index (χ1n) is 21.7. The molecular formula is C44H82N2O6. The smallest absolute Gasteiger partial charge is 0.306 e. The fraction of sp³-hybridized carbons (Fsp3) is 0.841. The summed E-state index contributed by atoms with van der Waals surface area (Å²) in [5.74, 6) is -1.64. The molecule has 0 aromatic carbocycles. The van der Waals surface area contributed by atoms with Gasteiger partial charge in [0.15, 0.2) is 0 Å². The molecule has 0 aliphatic carbocycles.